The van der Waals surface area contributed by atoms with Gasteiger partial charge in [-0.1, -0.05) is 42.5 Å². The molecule has 3 nitrogen and oxygen atoms in total. The van der Waals surface area contributed by atoms with Crippen molar-refractivity contribution >= 4 is 0 Å². The monoisotopic (exact) mass is 298 g/mol. The van der Waals surface area contributed by atoms with Gasteiger partial charge >= 0.3 is 0 Å². The van der Waals surface area contributed by atoms with E-state index < -0.39 is 0 Å². The molecular weight excluding hydrogens is 276 g/mol. The molecule has 0 saturated carbocycles. The largest absolute Gasteiger partial charge is 0.489 e. The van der Waals surface area contributed by atoms with Crippen molar-refractivity contribution in [2.24, 2.45) is 0 Å². The van der Waals surface area contributed by atoms with Gasteiger partial charge in [-0.05, 0) is 29.7 Å². The van der Waals surface area contributed by atoms with Crippen LogP contribution in [0.5, 0.6) is 5.75 Å². The summed E-state index contributed by atoms with van der Waals surface area (Å²) in [5.74, 6) is 0.898. The van der Waals surface area contributed by atoms with Gasteiger partial charge in [0.05, 0.1) is 13.2 Å². The van der Waals surface area contributed by atoms with Crippen LogP contribution >= 0.6 is 0 Å². The summed E-state index contributed by atoms with van der Waals surface area (Å²) >= 11 is 0. The average Bonchev–Trinajstić information content (AvgIpc) is 2.54. The fourth-order valence-electron chi connectivity index (χ4n) is 2.75. The summed E-state index contributed by atoms with van der Waals surface area (Å²) in [5.41, 5.74) is 2.60. The first kappa shape index (κ1) is 15.1. The maximum absolute atomic E-state index is 5.84. The van der Waals surface area contributed by atoms with Crippen LogP contribution in [0.25, 0.3) is 0 Å². The summed E-state index contributed by atoms with van der Waals surface area (Å²) in [6.07, 6.45) is 0.994. The normalized spacial score (nSPS) is 16.0. The molecule has 1 fully saturated rings. The van der Waals surface area contributed by atoms with Crippen LogP contribution in [-0.2, 0) is 21.5 Å². The van der Waals surface area contributed by atoms with Crippen LogP contribution in [0.2, 0.25) is 0 Å². The Morgan fingerprint density at radius 2 is 1.73 bits per heavy atom. The second-order valence-electron chi connectivity index (χ2n) is 5.81. The van der Waals surface area contributed by atoms with Crippen LogP contribution in [0.4, 0.5) is 0 Å². The van der Waals surface area contributed by atoms with Crippen molar-refractivity contribution in [1.29, 1.82) is 0 Å². The summed E-state index contributed by atoms with van der Waals surface area (Å²) in [5, 5.41) is 0. The van der Waals surface area contributed by atoms with Gasteiger partial charge in [0.25, 0.3) is 0 Å². The van der Waals surface area contributed by atoms with E-state index in [-0.39, 0.29) is 5.41 Å². The van der Waals surface area contributed by atoms with Crippen LogP contribution in [0.3, 0.4) is 0 Å². The molecule has 0 amide bonds. The van der Waals surface area contributed by atoms with E-state index in [0.717, 1.165) is 32.0 Å². The van der Waals surface area contributed by atoms with Gasteiger partial charge in [0.15, 0.2) is 0 Å². The van der Waals surface area contributed by atoms with Gasteiger partial charge in [0.2, 0.25) is 0 Å². The third-order valence-electron chi connectivity index (χ3n) is 4.26. The summed E-state index contributed by atoms with van der Waals surface area (Å²) in [6.45, 7) is 2.91. The van der Waals surface area contributed by atoms with Crippen molar-refractivity contribution < 1.29 is 14.2 Å². The molecule has 3 heteroatoms. The zero-order chi connectivity index (χ0) is 15.3. The van der Waals surface area contributed by atoms with Gasteiger partial charge < -0.3 is 14.2 Å². The van der Waals surface area contributed by atoms with Gasteiger partial charge in [0.1, 0.15) is 12.4 Å². The molecule has 1 aliphatic heterocycles. The van der Waals surface area contributed by atoms with Crippen LogP contribution in [-0.4, -0.2) is 26.9 Å². The molecule has 0 aromatic heterocycles. The first-order chi connectivity index (χ1) is 10.8. The zero-order valence-corrected chi connectivity index (χ0v) is 13.0. The first-order valence-corrected chi connectivity index (χ1v) is 7.66. The summed E-state index contributed by atoms with van der Waals surface area (Å²) in [6, 6.07) is 18.6. The highest BCUT2D eigenvalue weighted by Crippen LogP contribution is 2.36. The van der Waals surface area contributed by atoms with E-state index in [1.165, 1.54) is 11.1 Å². The summed E-state index contributed by atoms with van der Waals surface area (Å²) in [7, 11) is 1.74. The molecule has 116 valence electrons. The Balaban J connectivity index is 1.62. The average molecular weight is 298 g/mol. The van der Waals surface area contributed by atoms with Crippen molar-refractivity contribution in [2.75, 3.05) is 26.9 Å². The number of rotatable bonds is 7. The second kappa shape index (κ2) is 6.95. The Labute approximate surface area is 131 Å². The Bertz CT molecular complexity index is 573. The van der Waals surface area contributed by atoms with Gasteiger partial charge in [-0.2, -0.15) is 0 Å². The predicted octanol–water partition coefficient (Wildman–Crippen LogP) is 3.57. The first-order valence-electron chi connectivity index (χ1n) is 7.66. The molecule has 1 aliphatic rings. The summed E-state index contributed by atoms with van der Waals surface area (Å²) < 4.78 is 16.5. The lowest BCUT2D eigenvalue weighted by Crippen LogP contribution is -2.47. The highest BCUT2D eigenvalue weighted by atomic mass is 16.5. The standard InChI is InChI=1S/C19H22O3/c1-20-12-11-19(14-21-15-19)17-7-9-18(10-8-17)22-13-16-5-3-2-4-6-16/h2-10H,11-15H2,1H3. The molecule has 3 rings (SSSR count). The van der Waals surface area contributed by atoms with Crippen molar-refractivity contribution in [1.82, 2.24) is 0 Å². The minimum Gasteiger partial charge on any atom is -0.489 e. The predicted molar refractivity (Wildman–Crippen MR) is 86.2 cm³/mol. The van der Waals surface area contributed by atoms with Gasteiger partial charge in [0, 0.05) is 19.1 Å². The maximum Gasteiger partial charge on any atom is 0.119 e. The highest BCUT2D eigenvalue weighted by molar-refractivity contribution is 5.34. The fraction of sp³-hybridized carbons (Fsp3) is 0.368. The van der Waals surface area contributed by atoms with Gasteiger partial charge in [-0.25, -0.2) is 0 Å². The van der Waals surface area contributed by atoms with E-state index in [1.807, 2.05) is 30.3 Å². The second-order valence-corrected chi connectivity index (χ2v) is 5.81. The van der Waals surface area contributed by atoms with Crippen molar-refractivity contribution in [2.45, 2.75) is 18.4 Å². The molecule has 2 aromatic rings. The Hall–Kier alpha value is -1.84. The lowest BCUT2D eigenvalue weighted by molar-refractivity contribution is -0.0722. The number of hydrogen-bond donors (Lipinski definition) is 0. The van der Waals surface area contributed by atoms with E-state index >= 15 is 0 Å². The van der Waals surface area contributed by atoms with Crippen LogP contribution < -0.4 is 4.74 Å². The molecule has 22 heavy (non-hydrogen) atoms. The molecule has 2 aromatic carbocycles. The molecule has 1 heterocycles. The van der Waals surface area contributed by atoms with Crippen LogP contribution in [0.15, 0.2) is 54.6 Å². The Morgan fingerprint density at radius 1 is 1.00 bits per heavy atom. The van der Waals surface area contributed by atoms with Gasteiger partial charge in [-0.3, -0.25) is 0 Å². The SMILES string of the molecule is COCCC1(c2ccc(OCc3ccccc3)cc2)COC1. The topological polar surface area (TPSA) is 27.7 Å². The smallest absolute Gasteiger partial charge is 0.119 e. The lowest BCUT2D eigenvalue weighted by Gasteiger charge is -2.42. The molecule has 0 radical (unpaired) electrons. The van der Waals surface area contributed by atoms with Crippen molar-refractivity contribution in [3.05, 3.63) is 65.7 Å². The van der Waals surface area contributed by atoms with E-state index in [4.69, 9.17) is 14.2 Å². The van der Waals surface area contributed by atoms with E-state index in [1.54, 1.807) is 7.11 Å². The number of methoxy groups -OCH3 is 1. The molecule has 0 N–H and O–H groups in total. The van der Waals surface area contributed by atoms with Crippen molar-refractivity contribution in [3.63, 3.8) is 0 Å². The Kier molecular flexibility index (Phi) is 4.76. The molecule has 0 unspecified atom stereocenters. The molecule has 1 saturated heterocycles. The molecule has 0 atom stereocenters. The number of benzene rings is 2. The van der Waals surface area contributed by atoms with E-state index in [9.17, 15) is 0 Å². The minimum atomic E-state index is 0.119. The highest BCUT2D eigenvalue weighted by Gasteiger charge is 2.39. The van der Waals surface area contributed by atoms with Gasteiger partial charge in [-0.15, -0.1) is 0 Å². The molecule has 0 bridgehead atoms. The Morgan fingerprint density at radius 3 is 2.32 bits per heavy atom. The van der Waals surface area contributed by atoms with E-state index in [0.29, 0.717) is 6.61 Å². The van der Waals surface area contributed by atoms with E-state index in [2.05, 4.69) is 24.3 Å². The van der Waals surface area contributed by atoms with Crippen LogP contribution in [0.1, 0.15) is 17.5 Å². The van der Waals surface area contributed by atoms with Crippen LogP contribution in [0, 0.1) is 0 Å². The third kappa shape index (κ3) is 3.32. The molecule has 0 spiro atoms. The quantitative estimate of drug-likeness (QED) is 0.782. The maximum atomic E-state index is 5.84. The molecule has 0 aliphatic carbocycles. The van der Waals surface area contributed by atoms with Crippen molar-refractivity contribution in [3.8, 4) is 5.75 Å². The fourth-order valence-corrected chi connectivity index (χ4v) is 2.75. The minimum absolute atomic E-state index is 0.119. The number of hydrogen-bond acceptors (Lipinski definition) is 3. The molecular formula is C19H22O3. The zero-order valence-electron chi connectivity index (χ0n) is 13.0. The third-order valence-corrected chi connectivity index (χ3v) is 4.26. The lowest BCUT2D eigenvalue weighted by atomic mass is 9.76. The number of ether oxygens (including phenoxy) is 3. The summed E-state index contributed by atoms with van der Waals surface area (Å²) in [4.78, 5) is 0.